The molecule has 12 heteroatoms. The molecule has 1 unspecified atom stereocenters. The van der Waals surface area contributed by atoms with Crippen molar-refractivity contribution in [3.63, 3.8) is 0 Å². The fourth-order valence-electron chi connectivity index (χ4n) is 3.22. The molecule has 3 aromatic rings. The van der Waals surface area contributed by atoms with Crippen LogP contribution in [0, 0.1) is 8.98 Å². The van der Waals surface area contributed by atoms with Gasteiger partial charge in [0.2, 0.25) is 15.9 Å². The molecule has 0 aliphatic heterocycles. The van der Waals surface area contributed by atoms with Gasteiger partial charge in [0.15, 0.2) is 5.96 Å². The molecule has 184 valence electrons. The van der Waals surface area contributed by atoms with E-state index < -0.39 is 27.5 Å². The lowest BCUT2D eigenvalue weighted by molar-refractivity contribution is -0.124. The molecule has 10 nitrogen and oxygen atoms in total. The van der Waals surface area contributed by atoms with Crippen LogP contribution >= 0.6 is 22.6 Å². The average Bonchev–Trinajstić information content (AvgIpc) is 2.80. The lowest BCUT2D eigenvalue weighted by Crippen LogP contribution is -2.36. The van der Waals surface area contributed by atoms with Crippen molar-refractivity contribution in [2.75, 3.05) is 10.0 Å². The fraction of sp³-hybridized carbons (Fsp3) is 0.174. The molecule has 0 bridgehead atoms. The van der Waals surface area contributed by atoms with E-state index in [1.165, 1.54) is 22.9 Å². The zero-order chi connectivity index (χ0) is 25.6. The van der Waals surface area contributed by atoms with Gasteiger partial charge in [-0.1, -0.05) is 24.3 Å². The SMILES string of the molecule is CC(C(=O)NCc1ccc(NC(=N)N)cc1)n1cccc(NS(=O)(=O)Cc2ccc(I)cc2)c1=O. The topological polar surface area (TPSA) is 159 Å². The summed E-state index contributed by atoms with van der Waals surface area (Å²) >= 11 is 2.13. The number of sulfonamides is 1. The van der Waals surface area contributed by atoms with Gasteiger partial charge in [-0.15, -0.1) is 0 Å². The summed E-state index contributed by atoms with van der Waals surface area (Å²) in [5, 5.41) is 12.7. The average molecular weight is 608 g/mol. The van der Waals surface area contributed by atoms with Crippen LogP contribution < -0.4 is 26.6 Å². The van der Waals surface area contributed by atoms with Gasteiger partial charge < -0.3 is 20.9 Å². The van der Waals surface area contributed by atoms with Crippen LogP contribution in [0.15, 0.2) is 71.7 Å². The number of hydrogen-bond acceptors (Lipinski definition) is 5. The minimum absolute atomic E-state index is 0.133. The number of pyridine rings is 1. The number of hydrogen-bond donors (Lipinski definition) is 5. The minimum atomic E-state index is -3.84. The van der Waals surface area contributed by atoms with Gasteiger partial charge in [-0.3, -0.25) is 19.7 Å². The first-order chi connectivity index (χ1) is 16.5. The van der Waals surface area contributed by atoms with E-state index in [0.29, 0.717) is 11.3 Å². The molecule has 6 N–H and O–H groups in total. The first-order valence-corrected chi connectivity index (χ1v) is 13.2. The Morgan fingerprint density at radius 1 is 1.09 bits per heavy atom. The Hall–Kier alpha value is -3.39. The van der Waals surface area contributed by atoms with Gasteiger partial charge in [0.25, 0.3) is 5.56 Å². The number of nitrogens with zero attached hydrogens (tertiary/aromatic N) is 1. The van der Waals surface area contributed by atoms with Crippen molar-refractivity contribution >= 4 is 55.9 Å². The second-order valence-corrected chi connectivity index (χ2v) is 10.7. The Morgan fingerprint density at radius 3 is 2.34 bits per heavy atom. The molecule has 0 spiro atoms. The largest absolute Gasteiger partial charge is 0.370 e. The van der Waals surface area contributed by atoms with E-state index >= 15 is 0 Å². The van der Waals surface area contributed by atoms with Crippen LogP contribution in [-0.4, -0.2) is 24.9 Å². The maximum Gasteiger partial charge on any atom is 0.275 e. The number of halogens is 1. The molecule has 1 amide bonds. The molecule has 1 heterocycles. The van der Waals surface area contributed by atoms with Crippen molar-refractivity contribution < 1.29 is 13.2 Å². The number of nitrogens with one attached hydrogen (secondary N) is 4. The highest BCUT2D eigenvalue weighted by Crippen LogP contribution is 2.14. The van der Waals surface area contributed by atoms with E-state index in [4.69, 9.17) is 11.1 Å². The van der Waals surface area contributed by atoms with E-state index in [2.05, 4.69) is 37.9 Å². The molecule has 0 saturated carbocycles. The highest BCUT2D eigenvalue weighted by Gasteiger charge is 2.19. The number of amides is 1. The van der Waals surface area contributed by atoms with Crippen molar-refractivity contribution in [2.24, 2.45) is 5.73 Å². The number of rotatable bonds is 9. The van der Waals surface area contributed by atoms with E-state index in [1.807, 2.05) is 0 Å². The van der Waals surface area contributed by atoms with Crippen LogP contribution in [-0.2, 0) is 27.1 Å². The van der Waals surface area contributed by atoms with Crippen molar-refractivity contribution in [1.29, 1.82) is 5.41 Å². The van der Waals surface area contributed by atoms with Gasteiger partial charge in [-0.25, -0.2) is 8.42 Å². The summed E-state index contributed by atoms with van der Waals surface area (Å²) in [5.74, 6) is -0.865. The minimum Gasteiger partial charge on any atom is -0.370 e. The van der Waals surface area contributed by atoms with Crippen molar-refractivity contribution in [1.82, 2.24) is 9.88 Å². The summed E-state index contributed by atoms with van der Waals surface area (Å²) in [6.07, 6.45) is 1.44. The van der Waals surface area contributed by atoms with E-state index in [0.717, 1.165) is 9.13 Å². The predicted octanol–water partition coefficient (Wildman–Crippen LogP) is 2.58. The molecule has 0 radical (unpaired) electrons. The zero-order valence-electron chi connectivity index (χ0n) is 18.8. The number of benzene rings is 2. The van der Waals surface area contributed by atoms with Gasteiger partial charge in [0.1, 0.15) is 11.7 Å². The Morgan fingerprint density at radius 2 is 1.71 bits per heavy atom. The van der Waals surface area contributed by atoms with Crippen LogP contribution in [0.4, 0.5) is 11.4 Å². The van der Waals surface area contributed by atoms with E-state index in [-0.39, 0.29) is 23.9 Å². The third-order valence-electron chi connectivity index (χ3n) is 5.01. The summed E-state index contributed by atoms with van der Waals surface area (Å²) in [6, 6.07) is 16.0. The third kappa shape index (κ3) is 7.55. The molecule has 1 atom stereocenters. The van der Waals surface area contributed by atoms with Gasteiger partial charge in [-0.2, -0.15) is 0 Å². The molecular weight excluding hydrogens is 583 g/mol. The fourth-order valence-corrected chi connectivity index (χ4v) is 4.77. The van der Waals surface area contributed by atoms with Gasteiger partial charge in [-0.05, 0) is 77.0 Å². The second kappa shape index (κ2) is 11.4. The Balaban J connectivity index is 1.66. The molecule has 3 rings (SSSR count). The molecule has 35 heavy (non-hydrogen) atoms. The van der Waals surface area contributed by atoms with Crippen molar-refractivity contribution in [3.8, 4) is 0 Å². The highest BCUT2D eigenvalue weighted by molar-refractivity contribution is 14.1. The predicted molar refractivity (Wildman–Crippen MR) is 145 cm³/mol. The molecule has 0 saturated heterocycles. The number of carbonyl (C=O) groups excluding carboxylic acids is 1. The quantitative estimate of drug-likeness (QED) is 0.143. The molecule has 0 aliphatic carbocycles. The monoisotopic (exact) mass is 608 g/mol. The molecule has 1 aromatic heterocycles. The summed E-state index contributed by atoms with van der Waals surface area (Å²) in [6.45, 7) is 1.78. The van der Waals surface area contributed by atoms with Crippen LogP contribution in [0.3, 0.4) is 0 Å². The first-order valence-electron chi connectivity index (χ1n) is 10.5. The summed E-state index contributed by atoms with van der Waals surface area (Å²) in [7, 11) is -3.84. The molecular formula is C23H25IN6O4S. The van der Waals surface area contributed by atoms with Gasteiger partial charge in [0, 0.05) is 22.0 Å². The zero-order valence-corrected chi connectivity index (χ0v) is 21.8. The van der Waals surface area contributed by atoms with Gasteiger partial charge in [0.05, 0.1) is 5.75 Å². The lowest BCUT2D eigenvalue weighted by Gasteiger charge is -2.17. The maximum atomic E-state index is 12.9. The van der Waals surface area contributed by atoms with E-state index in [9.17, 15) is 18.0 Å². The second-order valence-electron chi connectivity index (χ2n) is 7.75. The summed E-state index contributed by atoms with van der Waals surface area (Å²) in [4.78, 5) is 25.6. The first kappa shape index (κ1) is 26.2. The van der Waals surface area contributed by atoms with Crippen LogP contribution in [0.25, 0.3) is 0 Å². The Bertz CT molecular complexity index is 1370. The highest BCUT2D eigenvalue weighted by atomic mass is 127. The number of aromatic nitrogens is 1. The van der Waals surface area contributed by atoms with Crippen LogP contribution in [0.1, 0.15) is 24.1 Å². The molecule has 2 aromatic carbocycles. The van der Waals surface area contributed by atoms with Crippen molar-refractivity contribution in [3.05, 3.63) is 91.9 Å². The Labute approximate surface area is 216 Å². The standard InChI is InChI=1S/C23H25IN6O4S/c1-15(21(31)27-13-16-6-10-19(11-7-16)28-23(25)26)30-12-2-3-20(22(30)32)29-35(33,34)14-17-4-8-18(24)9-5-17/h2-12,15,29H,13-14H2,1H3,(H,27,31)(H4,25,26,28). The number of carbonyl (C=O) groups is 1. The number of guanidine groups is 1. The maximum absolute atomic E-state index is 12.9. The third-order valence-corrected chi connectivity index (χ3v) is 6.97. The van der Waals surface area contributed by atoms with Crippen LogP contribution in [0.5, 0.6) is 0 Å². The van der Waals surface area contributed by atoms with Gasteiger partial charge >= 0.3 is 0 Å². The summed E-state index contributed by atoms with van der Waals surface area (Å²) in [5.41, 5.74) is 6.58. The van der Waals surface area contributed by atoms with E-state index in [1.54, 1.807) is 55.5 Å². The smallest absolute Gasteiger partial charge is 0.275 e. The normalized spacial score (nSPS) is 11.9. The molecule has 0 aliphatic rings. The molecule has 0 fully saturated rings. The number of anilines is 2. The Kier molecular flexibility index (Phi) is 8.51. The lowest BCUT2D eigenvalue weighted by atomic mass is 10.2. The van der Waals surface area contributed by atoms with Crippen molar-refractivity contribution in [2.45, 2.75) is 25.3 Å². The summed E-state index contributed by atoms with van der Waals surface area (Å²) < 4.78 is 29.7. The number of nitrogens with two attached hydrogens (primary N) is 1. The van der Waals surface area contributed by atoms with Crippen LogP contribution in [0.2, 0.25) is 0 Å².